The fourth-order valence-corrected chi connectivity index (χ4v) is 5.73. The van der Waals surface area contributed by atoms with Gasteiger partial charge in [0.05, 0.1) is 10.6 Å². The number of hydrogen-bond donors (Lipinski definition) is 1. The normalized spacial score (nSPS) is 12.1. The van der Waals surface area contributed by atoms with Crippen LogP contribution in [-0.4, -0.2) is 44.3 Å². The first-order valence-corrected chi connectivity index (χ1v) is 14.7. The van der Waals surface area contributed by atoms with E-state index in [1.54, 1.807) is 43.3 Å². The van der Waals surface area contributed by atoms with Crippen molar-refractivity contribution in [3.8, 4) is 0 Å². The molecular weight excluding hydrogens is 510 g/mol. The van der Waals surface area contributed by atoms with Crippen LogP contribution in [0, 0.1) is 27.7 Å². The maximum Gasteiger partial charge on any atom is 0.264 e. The maximum atomic E-state index is 14.0. The molecule has 0 saturated carbocycles. The van der Waals surface area contributed by atoms with Crippen molar-refractivity contribution in [1.82, 2.24) is 10.2 Å². The highest BCUT2D eigenvalue weighted by Gasteiger charge is 2.32. The molecule has 0 saturated heterocycles. The van der Waals surface area contributed by atoms with Gasteiger partial charge in [-0.2, -0.15) is 0 Å². The molecule has 0 heterocycles. The van der Waals surface area contributed by atoms with Crippen LogP contribution in [0.5, 0.6) is 0 Å². The summed E-state index contributed by atoms with van der Waals surface area (Å²) in [6.07, 6.45) is 0.764. The molecule has 1 N–H and O–H groups in total. The molecule has 0 fully saturated rings. The number of nitrogens with one attached hydrogen (secondary N) is 1. The van der Waals surface area contributed by atoms with Crippen molar-refractivity contribution >= 4 is 27.5 Å². The van der Waals surface area contributed by atoms with Crippen LogP contribution in [0.2, 0.25) is 0 Å². The van der Waals surface area contributed by atoms with Crippen LogP contribution < -0.4 is 9.62 Å². The number of sulfonamides is 1. The largest absolute Gasteiger partial charge is 0.354 e. The van der Waals surface area contributed by atoms with Crippen molar-refractivity contribution in [1.29, 1.82) is 0 Å². The molecule has 2 amide bonds. The summed E-state index contributed by atoms with van der Waals surface area (Å²) >= 11 is 0. The molecular formula is C31H39N3O4S. The quantitative estimate of drug-likeness (QED) is 0.362. The molecule has 3 aromatic rings. The third kappa shape index (κ3) is 7.69. The highest BCUT2D eigenvalue weighted by atomic mass is 32.2. The van der Waals surface area contributed by atoms with Gasteiger partial charge in [-0.1, -0.05) is 60.5 Å². The van der Waals surface area contributed by atoms with Gasteiger partial charge in [0.25, 0.3) is 10.0 Å². The van der Waals surface area contributed by atoms with Gasteiger partial charge in [0, 0.05) is 13.1 Å². The first-order chi connectivity index (χ1) is 18.4. The molecule has 208 valence electrons. The molecule has 3 rings (SSSR count). The van der Waals surface area contributed by atoms with E-state index in [1.807, 2.05) is 65.0 Å². The predicted octanol–water partition coefficient (Wildman–Crippen LogP) is 5.06. The van der Waals surface area contributed by atoms with E-state index < -0.39 is 28.5 Å². The van der Waals surface area contributed by atoms with Crippen LogP contribution >= 0.6 is 0 Å². The van der Waals surface area contributed by atoms with Crippen molar-refractivity contribution < 1.29 is 18.0 Å². The van der Waals surface area contributed by atoms with Crippen LogP contribution in [0.3, 0.4) is 0 Å². The first-order valence-electron chi connectivity index (χ1n) is 13.2. The summed E-state index contributed by atoms with van der Waals surface area (Å²) in [6, 6.07) is 19.0. The molecule has 0 aromatic heterocycles. The summed E-state index contributed by atoms with van der Waals surface area (Å²) in [5, 5.41) is 2.86. The number of anilines is 1. The van der Waals surface area contributed by atoms with Gasteiger partial charge >= 0.3 is 0 Å². The highest BCUT2D eigenvalue weighted by Crippen LogP contribution is 2.27. The molecule has 0 aliphatic carbocycles. The summed E-state index contributed by atoms with van der Waals surface area (Å²) in [5.41, 5.74) is 5.02. The van der Waals surface area contributed by atoms with E-state index >= 15 is 0 Å². The molecule has 39 heavy (non-hydrogen) atoms. The zero-order chi connectivity index (χ0) is 28.7. The SMILES string of the molecule is CCCNC(=O)[C@H](C)N(Cc1ccc(C)cc1)C(=O)CN(c1cc(C)cc(C)c1)S(=O)(=O)c1ccc(C)cc1. The second-order valence-corrected chi connectivity index (χ2v) is 12.0. The molecule has 0 unspecified atom stereocenters. The van der Waals surface area contributed by atoms with Crippen molar-refractivity contribution in [3.05, 3.63) is 94.5 Å². The van der Waals surface area contributed by atoms with Crippen molar-refractivity contribution in [2.45, 2.75) is 65.4 Å². The standard InChI is InChI=1S/C31H39N3O4S/c1-7-16-32-31(36)26(6)33(20-27-12-8-22(2)9-13-27)30(35)21-34(28-18-24(4)17-25(5)19-28)39(37,38)29-14-10-23(3)11-15-29/h8-15,17-19,26H,7,16,20-21H2,1-6H3,(H,32,36)/t26-/m0/s1. The minimum absolute atomic E-state index is 0.0962. The lowest BCUT2D eigenvalue weighted by molar-refractivity contribution is -0.139. The number of rotatable bonds is 11. The first kappa shape index (κ1) is 29.9. The topological polar surface area (TPSA) is 86.8 Å². The Morgan fingerprint density at radius 3 is 1.90 bits per heavy atom. The van der Waals surface area contributed by atoms with Crippen molar-refractivity contribution in [2.24, 2.45) is 0 Å². The van der Waals surface area contributed by atoms with E-state index in [2.05, 4.69) is 5.32 Å². The molecule has 0 spiro atoms. The van der Waals surface area contributed by atoms with E-state index in [0.29, 0.717) is 12.2 Å². The van der Waals surface area contributed by atoms with Gasteiger partial charge in [0.15, 0.2) is 0 Å². The number of aryl methyl sites for hydroxylation is 4. The van der Waals surface area contributed by atoms with Crippen LogP contribution in [0.4, 0.5) is 5.69 Å². The maximum absolute atomic E-state index is 14.0. The van der Waals surface area contributed by atoms with Gasteiger partial charge in [-0.05, 0) is 82.0 Å². The molecule has 3 aromatic carbocycles. The fraction of sp³-hybridized carbons (Fsp3) is 0.355. The number of amides is 2. The van der Waals surface area contributed by atoms with Crippen LogP contribution in [-0.2, 0) is 26.2 Å². The zero-order valence-corrected chi connectivity index (χ0v) is 24.5. The molecule has 8 heteroatoms. The van der Waals surface area contributed by atoms with Gasteiger partial charge in [-0.15, -0.1) is 0 Å². The monoisotopic (exact) mass is 549 g/mol. The molecule has 0 radical (unpaired) electrons. The lowest BCUT2D eigenvalue weighted by Gasteiger charge is -2.32. The Kier molecular flexibility index (Phi) is 9.92. The zero-order valence-electron chi connectivity index (χ0n) is 23.7. The highest BCUT2D eigenvalue weighted by molar-refractivity contribution is 7.92. The smallest absolute Gasteiger partial charge is 0.264 e. The Morgan fingerprint density at radius 1 is 0.821 bits per heavy atom. The molecule has 0 aliphatic heterocycles. The number of benzene rings is 3. The molecule has 7 nitrogen and oxygen atoms in total. The van der Waals surface area contributed by atoms with Crippen LogP contribution in [0.25, 0.3) is 0 Å². The van der Waals surface area contributed by atoms with E-state index in [9.17, 15) is 18.0 Å². The number of hydrogen-bond acceptors (Lipinski definition) is 4. The fourth-order valence-electron chi connectivity index (χ4n) is 4.33. The Hall–Kier alpha value is -3.65. The van der Waals surface area contributed by atoms with Crippen molar-refractivity contribution in [2.75, 3.05) is 17.4 Å². The summed E-state index contributed by atoms with van der Waals surface area (Å²) < 4.78 is 29.0. The summed E-state index contributed by atoms with van der Waals surface area (Å²) in [7, 11) is -4.09. The van der Waals surface area contributed by atoms with Gasteiger partial charge in [-0.3, -0.25) is 13.9 Å². The third-order valence-electron chi connectivity index (χ3n) is 6.57. The van der Waals surface area contributed by atoms with E-state index in [1.165, 1.54) is 4.90 Å². The second kappa shape index (κ2) is 12.9. The molecule has 0 aliphatic rings. The summed E-state index contributed by atoms with van der Waals surface area (Å²) in [5.74, 6) is -0.749. The predicted molar refractivity (Wildman–Crippen MR) is 156 cm³/mol. The van der Waals surface area contributed by atoms with E-state index in [-0.39, 0.29) is 17.3 Å². The number of nitrogens with zero attached hydrogens (tertiary/aromatic N) is 2. The van der Waals surface area contributed by atoms with Crippen molar-refractivity contribution in [3.63, 3.8) is 0 Å². The summed E-state index contributed by atoms with van der Waals surface area (Å²) in [6.45, 7) is 11.5. The Morgan fingerprint density at radius 2 is 1.36 bits per heavy atom. The Balaban J connectivity index is 2.04. The van der Waals surface area contributed by atoms with Crippen LogP contribution in [0.1, 0.15) is 48.1 Å². The van der Waals surface area contributed by atoms with Gasteiger partial charge in [0.2, 0.25) is 11.8 Å². The summed E-state index contributed by atoms with van der Waals surface area (Å²) in [4.78, 5) is 28.5. The van der Waals surface area contributed by atoms with Gasteiger partial charge < -0.3 is 10.2 Å². The van der Waals surface area contributed by atoms with Crippen LogP contribution in [0.15, 0.2) is 71.6 Å². The third-order valence-corrected chi connectivity index (χ3v) is 8.36. The lowest BCUT2D eigenvalue weighted by atomic mass is 10.1. The average Bonchev–Trinajstić information content (AvgIpc) is 2.89. The molecule has 1 atom stereocenters. The lowest BCUT2D eigenvalue weighted by Crippen LogP contribution is -2.51. The number of carbonyl (C=O) groups is 2. The average molecular weight is 550 g/mol. The van der Waals surface area contributed by atoms with Gasteiger partial charge in [0.1, 0.15) is 12.6 Å². The Bertz CT molecular complexity index is 1380. The minimum Gasteiger partial charge on any atom is -0.354 e. The number of carbonyl (C=O) groups excluding carboxylic acids is 2. The Labute approximate surface area is 232 Å². The minimum atomic E-state index is -4.09. The second-order valence-electron chi connectivity index (χ2n) is 10.1. The van der Waals surface area contributed by atoms with E-state index in [4.69, 9.17) is 0 Å². The van der Waals surface area contributed by atoms with E-state index in [0.717, 1.165) is 38.5 Å². The molecule has 0 bridgehead atoms. The van der Waals surface area contributed by atoms with Gasteiger partial charge in [-0.25, -0.2) is 8.42 Å².